The molecule has 0 saturated heterocycles. The molecule has 0 aliphatic heterocycles. The average molecular weight is 379 g/mol. The monoisotopic (exact) mass is 378 g/mol. The van der Waals surface area contributed by atoms with Crippen LogP contribution in [0.3, 0.4) is 0 Å². The topological polar surface area (TPSA) is 42.0 Å². The number of amides is 1. The predicted octanol–water partition coefficient (Wildman–Crippen LogP) is 4.91. The lowest BCUT2D eigenvalue weighted by Gasteiger charge is -2.16. The lowest BCUT2D eigenvalue weighted by Crippen LogP contribution is -2.34. The minimum absolute atomic E-state index is 0.0195. The summed E-state index contributed by atoms with van der Waals surface area (Å²) in [4.78, 5) is 17.8. The lowest BCUT2D eigenvalue weighted by molar-refractivity contribution is 0.0932. The molecule has 2 rings (SSSR count). The quantitative estimate of drug-likeness (QED) is 0.775. The molecule has 0 radical (unpaired) electrons. The Kier molecular flexibility index (Phi) is 6.46. The summed E-state index contributed by atoms with van der Waals surface area (Å²) in [6.07, 6.45) is 3.63. The third-order valence-corrected chi connectivity index (χ3v) is 4.86. The Morgan fingerprint density at radius 2 is 1.95 bits per heavy atom. The van der Waals surface area contributed by atoms with Crippen molar-refractivity contribution in [1.29, 1.82) is 0 Å². The number of halogens is 1. The van der Waals surface area contributed by atoms with Crippen molar-refractivity contribution < 1.29 is 4.79 Å². The molecule has 1 heterocycles. The lowest BCUT2D eigenvalue weighted by atomic mass is 10.1. The van der Waals surface area contributed by atoms with Crippen LogP contribution >= 0.6 is 27.7 Å². The number of aromatic nitrogens is 1. The molecule has 2 aromatic rings. The maximum atomic E-state index is 12.5. The highest BCUT2D eigenvalue weighted by Crippen LogP contribution is 2.29. The van der Waals surface area contributed by atoms with Gasteiger partial charge in [0, 0.05) is 21.6 Å². The highest BCUT2D eigenvalue weighted by Gasteiger charge is 2.15. The van der Waals surface area contributed by atoms with E-state index in [-0.39, 0.29) is 11.9 Å². The van der Waals surface area contributed by atoms with Crippen LogP contribution in [0.2, 0.25) is 0 Å². The summed E-state index contributed by atoms with van der Waals surface area (Å²) in [5.74, 6) is -0.0195. The van der Waals surface area contributed by atoms with E-state index in [1.165, 1.54) is 11.8 Å². The van der Waals surface area contributed by atoms with Gasteiger partial charge in [0.05, 0.1) is 5.56 Å². The first-order valence-corrected chi connectivity index (χ1v) is 8.94. The molecule has 0 aliphatic rings. The summed E-state index contributed by atoms with van der Waals surface area (Å²) in [7, 11) is 0. The van der Waals surface area contributed by atoms with Crippen molar-refractivity contribution in [3.8, 4) is 0 Å². The smallest absolute Gasteiger partial charge is 0.252 e. The molecule has 0 fully saturated rings. The van der Waals surface area contributed by atoms with Gasteiger partial charge in [-0.15, -0.1) is 0 Å². The van der Waals surface area contributed by atoms with E-state index in [0.717, 1.165) is 27.2 Å². The fourth-order valence-corrected chi connectivity index (χ4v) is 3.15. The van der Waals surface area contributed by atoms with Crippen molar-refractivity contribution in [2.45, 2.75) is 42.7 Å². The molecule has 0 aliphatic carbocycles. The van der Waals surface area contributed by atoms with E-state index >= 15 is 0 Å². The van der Waals surface area contributed by atoms with E-state index in [1.807, 2.05) is 36.4 Å². The average Bonchev–Trinajstić information content (AvgIpc) is 2.55. The van der Waals surface area contributed by atoms with Gasteiger partial charge < -0.3 is 5.32 Å². The summed E-state index contributed by atoms with van der Waals surface area (Å²) >= 11 is 4.88. The van der Waals surface area contributed by atoms with Crippen LogP contribution in [0.25, 0.3) is 0 Å². The van der Waals surface area contributed by atoms with Gasteiger partial charge in [-0.1, -0.05) is 37.7 Å². The largest absolute Gasteiger partial charge is 0.349 e. The number of carbonyl (C=O) groups excluding carboxylic acids is 1. The van der Waals surface area contributed by atoms with Gasteiger partial charge >= 0.3 is 0 Å². The normalized spacial score (nSPS) is 10.7. The first-order chi connectivity index (χ1) is 10.6. The van der Waals surface area contributed by atoms with Gasteiger partial charge in [0.2, 0.25) is 0 Å². The van der Waals surface area contributed by atoms with E-state index in [0.29, 0.717) is 5.56 Å². The van der Waals surface area contributed by atoms with Crippen LogP contribution in [-0.2, 0) is 0 Å². The van der Waals surface area contributed by atoms with Crippen LogP contribution in [-0.4, -0.2) is 16.9 Å². The number of rotatable bonds is 6. The van der Waals surface area contributed by atoms with Crippen molar-refractivity contribution in [3.05, 3.63) is 52.6 Å². The van der Waals surface area contributed by atoms with Gasteiger partial charge in [-0.2, -0.15) is 0 Å². The first kappa shape index (κ1) is 17.0. The molecular weight excluding hydrogens is 360 g/mol. The molecule has 0 saturated carbocycles. The fourth-order valence-electron chi connectivity index (χ4n) is 2.03. The third kappa shape index (κ3) is 4.58. The van der Waals surface area contributed by atoms with E-state index in [9.17, 15) is 4.79 Å². The second-order valence-electron chi connectivity index (χ2n) is 4.90. The Balaban J connectivity index is 2.19. The molecule has 0 atom stereocenters. The Morgan fingerprint density at radius 3 is 2.59 bits per heavy atom. The number of carbonyl (C=O) groups is 1. The zero-order valence-electron chi connectivity index (χ0n) is 12.7. The maximum absolute atomic E-state index is 12.5. The minimum Gasteiger partial charge on any atom is -0.349 e. The van der Waals surface area contributed by atoms with Crippen molar-refractivity contribution in [1.82, 2.24) is 10.3 Å². The molecule has 1 aromatic heterocycles. The summed E-state index contributed by atoms with van der Waals surface area (Å²) in [6, 6.07) is 11.7. The first-order valence-electron chi connectivity index (χ1n) is 7.33. The van der Waals surface area contributed by atoms with E-state index in [4.69, 9.17) is 0 Å². The summed E-state index contributed by atoms with van der Waals surface area (Å²) in [5.41, 5.74) is 0.698. The number of nitrogens with one attached hydrogen (secondary N) is 1. The van der Waals surface area contributed by atoms with Crippen LogP contribution in [0, 0.1) is 0 Å². The number of hydrogen-bond donors (Lipinski definition) is 1. The van der Waals surface area contributed by atoms with E-state index in [2.05, 4.69) is 40.1 Å². The van der Waals surface area contributed by atoms with Crippen molar-refractivity contribution in [3.63, 3.8) is 0 Å². The number of benzene rings is 1. The highest BCUT2D eigenvalue weighted by atomic mass is 79.9. The zero-order chi connectivity index (χ0) is 15.9. The summed E-state index contributed by atoms with van der Waals surface area (Å²) < 4.78 is 0.941. The molecule has 22 heavy (non-hydrogen) atoms. The molecule has 0 bridgehead atoms. The van der Waals surface area contributed by atoms with Crippen LogP contribution in [0.1, 0.15) is 37.0 Å². The van der Waals surface area contributed by atoms with Crippen molar-refractivity contribution >= 4 is 33.6 Å². The Labute approximate surface area is 144 Å². The Hall–Kier alpha value is -1.33. The van der Waals surface area contributed by atoms with Crippen LogP contribution < -0.4 is 5.32 Å². The Bertz CT molecular complexity index is 627. The van der Waals surface area contributed by atoms with Gasteiger partial charge in [0.1, 0.15) is 5.03 Å². The molecule has 1 amide bonds. The van der Waals surface area contributed by atoms with Crippen molar-refractivity contribution in [2.75, 3.05) is 0 Å². The van der Waals surface area contributed by atoms with Crippen LogP contribution in [0.5, 0.6) is 0 Å². The SMILES string of the molecule is CCC(CC)NC(=O)c1ccccc1Sc1ccc(Br)cn1. The van der Waals surface area contributed by atoms with Gasteiger partial charge in [-0.3, -0.25) is 4.79 Å². The van der Waals surface area contributed by atoms with Gasteiger partial charge in [0.15, 0.2) is 0 Å². The van der Waals surface area contributed by atoms with E-state index in [1.54, 1.807) is 6.20 Å². The fraction of sp³-hybridized carbons (Fsp3) is 0.294. The van der Waals surface area contributed by atoms with E-state index < -0.39 is 0 Å². The minimum atomic E-state index is -0.0195. The van der Waals surface area contributed by atoms with Gasteiger partial charge in [0.25, 0.3) is 5.91 Å². The van der Waals surface area contributed by atoms with Crippen LogP contribution in [0.15, 0.2) is 57.0 Å². The standard InChI is InChI=1S/C17H19BrN2OS/c1-3-13(4-2)20-17(21)14-7-5-6-8-15(14)22-16-10-9-12(18)11-19-16/h5-11,13H,3-4H2,1-2H3,(H,20,21). The van der Waals surface area contributed by atoms with Gasteiger partial charge in [-0.25, -0.2) is 4.98 Å². The molecule has 0 spiro atoms. The number of nitrogens with zero attached hydrogens (tertiary/aromatic N) is 1. The number of pyridine rings is 1. The molecule has 1 aromatic carbocycles. The molecule has 0 unspecified atom stereocenters. The van der Waals surface area contributed by atoms with Crippen molar-refractivity contribution in [2.24, 2.45) is 0 Å². The second kappa shape index (κ2) is 8.34. The van der Waals surface area contributed by atoms with Crippen LogP contribution in [0.4, 0.5) is 0 Å². The maximum Gasteiger partial charge on any atom is 0.252 e. The number of hydrogen-bond acceptors (Lipinski definition) is 3. The molecule has 5 heteroatoms. The molecule has 3 nitrogen and oxygen atoms in total. The molecular formula is C17H19BrN2OS. The highest BCUT2D eigenvalue weighted by molar-refractivity contribution is 9.10. The molecule has 116 valence electrons. The summed E-state index contributed by atoms with van der Waals surface area (Å²) in [6.45, 7) is 4.17. The summed E-state index contributed by atoms with van der Waals surface area (Å²) in [5, 5.41) is 3.95. The second-order valence-corrected chi connectivity index (χ2v) is 6.88. The third-order valence-electron chi connectivity index (χ3n) is 3.37. The Morgan fingerprint density at radius 1 is 1.23 bits per heavy atom. The van der Waals surface area contributed by atoms with Gasteiger partial charge in [-0.05, 0) is 53.0 Å². The zero-order valence-corrected chi connectivity index (χ0v) is 15.1. The predicted molar refractivity (Wildman–Crippen MR) is 94.3 cm³/mol. The molecule has 1 N–H and O–H groups in total.